The van der Waals surface area contributed by atoms with Gasteiger partial charge in [0.25, 0.3) is 20.9 Å². The Morgan fingerprint density at radius 1 is 0.476 bits per heavy atom. The summed E-state index contributed by atoms with van der Waals surface area (Å²) in [5.74, 6) is 1.07. The van der Waals surface area contributed by atoms with Gasteiger partial charge in [0.1, 0.15) is 0 Å². The quantitative estimate of drug-likeness (QED) is 0.367. The molecule has 0 radical (unpaired) electrons. The molecule has 0 spiro atoms. The van der Waals surface area contributed by atoms with E-state index in [2.05, 4.69) is 15.4 Å². The molecule has 0 aromatic rings. The molecule has 3 nitrogen and oxygen atoms in total. The Kier molecular flexibility index (Phi) is 9.40. The molecular weight excluding hydrogens is 514 g/mol. The van der Waals surface area contributed by atoms with E-state index < -0.39 is 18.0 Å². The van der Waals surface area contributed by atoms with E-state index in [0.29, 0.717) is 17.8 Å². The van der Waals surface area contributed by atoms with E-state index in [0.717, 1.165) is 0 Å². The summed E-state index contributed by atoms with van der Waals surface area (Å²) in [5.41, 5.74) is 0. The van der Waals surface area contributed by atoms with Crippen molar-refractivity contribution in [3.63, 3.8) is 0 Å². The smallest absolute Gasteiger partial charge is 0.337 e. The third-order valence-corrected chi connectivity index (χ3v) is 9.29. The lowest BCUT2D eigenvalue weighted by Crippen LogP contribution is -2.76. The van der Waals surface area contributed by atoms with Crippen molar-refractivity contribution in [3.8, 4) is 0 Å². The van der Waals surface area contributed by atoms with Crippen molar-refractivity contribution < 1.29 is 0 Å². The number of nitrogens with one attached hydrogen (secondary N) is 3. The number of halogens is 9. The molecule has 1 aliphatic rings. The summed E-state index contributed by atoms with van der Waals surface area (Å²) >= 11 is 53.6. The first-order chi connectivity index (χ1) is 9.23. The van der Waals surface area contributed by atoms with E-state index in [9.17, 15) is 0 Å². The van der Waals surface area contributed by atoms with Crippen LogP contribution in [-0.2, 0) is 0 Å². The van der Waals surface area contributed by atoms with Gasteiger partial charge < -0.3 is 15.4 Å². The molecule has 0 aliphatic carbocycles. The third-order valence-electron chi connectivity index (χ3n) is 2.51. The van der Waals surface area contributed by atoms with Crippen molar-refractivity contribution in [1.29, 1.82) is 0 Å². The number of rotatable bonds is 6. The van der Waals surface area contributed by atoms with E-state index in [-0.39, 0.29) is 20.9 Å². The first kappa shape index (κ1) is 22.4. The van der Waals surface area contributed by atoms with E-state index >= 15 is 0 Å². The maximum absolute atomic E-state index is 5.96. The van der Waals surface area contributed by atoms with Crippen LogP contribution >= 0.6 is 99.7 Å². The summed E-state index contributed by atoms with van der Waals surface area (Å²) in [6, 6.07) is -8.50. The fraction of sp³-hybridized carbons (Fsp3) is 1.00. The second kappa shape index (κ2) is 8.82. The average Bonchev–Trinajstić information content (AvgIpc) is 2.06. The summed E-state index contributed by atoms with van der Waals surface area (Å²) in [5, 5.41) is 9.63. The molecule has 1 saturated heterocycles. The third kappa shape index (κ3) is 11.5. The van der Waals surface area contributed by atoms with Crippen molar-refractivity contribution in [2.45, 2.75) is 17.8 Å². The average molecular weight is 523 g/mol. The second-order valence-electron chi connectivity index (χ2n) is 4.62. The van der Waals surface area contributed by atoms with Crippen LogP contribution in [0.3, 0.4) is 0 Å². The normalized spacial score (nSPS) is 18.4. The summed E-state index contributed by atoms with van der Waals surface area (Å²) < 4.78 is 0. The predicted molar refractivity (Wildman–Crippen MR) is 111 cm³/mol. The zero-order valence-electron chi connectivity index (χ0n) is 10.3. The van der Waals surface area contributed by atoms with Gasteiger partial charge in [-0.25, -0.2) is 0 Å². The molecule has 120 valence electrons. The van der Waals surface area contributed by atoms with Gasteiger partial charge in [-0.3, -0.25) is 0 Å². The molecule has 1 aliphatic heterocycles. The van der Waals surface area contributed by atoms with Gasteiger partial charge in [0.05, 0.1) is 0 Å². The lowest BCUT2D eigenvalue weighted by Gasteiger charge is -2.35. The van der Waals surface area contributed by atoms with Crippen molar-refractivity contribution in [2.75, 3.05) is 0 Å². The van der Waals surface area contributed by atoms with E-state index in [4.69, 9.17) is 99.7 Å². The summed E-state index contributed by atoms with van der Waals surface area (Å²) in [4.78, 5) is 0. The molecule has 1 heterocycles. The highest BCUT2D eigenvalue weighted by Crippen LogP contribution is 2.29. The van der Waals surface area contributed by atoms with Gasteiger partial charge in [0.2, 0.25) is 0 Å². The molecule has 18 heteroatoms. The van der Waals surface area contributed by atoms with Crippen LogP contribution in [0.1, 0.15) is 0 Å². The molecule has 1 rings (SSSR count). The Labute approximate surface area is 170 Å². The molecule has 0 atom stereocenters. The van der Waals surface area contributed by atoms with Crippen LogP contribution < -0.4 is 15.4 Å². The van der Waals surface area contributed by atoms with Gasteiger partial charge in [0, 0.05) is 0 Å². The standard InChI is InChI=1S/C3H9B3Cl9N3Si3/c7-19(8,9)1-4-16-5(2-20(10,11)12)18-6(17-4)3-21(13,14)15/h16-18H,1-3H2. The van der Waals surface area contributed by atoms with Gasteiger partial charge in [-0.15, -0.1) is 99.7 Å². The number of hydrogen-bond donors (Lipinski definition) is 3. The first-order valence-corrected chi connectivity index (χ1v) is 21.4. The van der Waals surface area contributed by atoms with Crippen LogP contribution in [0.15, 0.2) is 0 Å². The minimum atomic E-state index is -2.83. The fourth-order valence-electron chi connectivity index (χ4n) is 1.92. The summed E-state index contributed by atoms with van der Waals surface area (Å²) in [7, 11) is 0. The Hall–Kier alpha value is 3.34. The monoisotopic (exact) mass is 519 g/mol. The molecule has 0 aromatic carbocycles. The lowest BCUT2D eigenvalue weighted by atomic mass is 9.51. The largest absolute Gasteiger partial charge is 0.372 e. The SMILES string of the molecule is Cl[Si](Cl)(Cl)CB1NB(C[Si](Cl)(Cl)Cl)NB(C[Si](Cl)(Cl)Cl)N1. The molecule has 3 N–H and O–H groups in total. The molecule has 0 saturated carbocycles. The van der Waals surface area contributed by atoms with E-state index in [1.807, 2.05) is 0 Å². The van der Waals surface area contributed by atoms with Crippen LogP contribution in [-0.4, -0.2) is 39.0 Å². The predicted octanol–water partition coefficient (Wildman–Crippen LogP) is 3.82. The first-order valence-electron chi connectivity index (χ1n) is 5.72. The van der Waals surface area contributed by atoms with E-state index in [1.165, 1.54) is 0 Å². The number of hydrogen-bond acceptors (Lipinski definition) is 3. The van der Waals surface area contributed by atoms with Crippen molar-refractivity contribution in [3.05, 3.63) is 0 Å². The zero-order chi connectivity index (χ0) is 16.5. The minimum absolute atomic E-state index is 0.247. The van der Waals surface area contributed by atoms with Crippen LogP contribution in [0.4, 0.5) is 0 Å². The Balaban J connectivity index is 2.73. The highest BCUT2D eigenvalue weighted by molar-refractivity contribution is 7.67. The van der Waals surface area contributed by atoms with E-state index in [1.54, 1.807) is 0 Å². The Morgan fingerprint density at radius 3 is 0.810 bits per heavy atom. The minimum Gasteiger partial charge on any atom is -0.372 e. The van der Waals surface area contributed by atoms with Gasteiger partial charge in [-0.1, -0.05) is 0 Å². The van der Waals surface area contributed by atoms with Gasteiger partial charge in [0.15, 0.2) is 0 Å². The van der Waals surface area contributed by atoms with Gasteiger partial charge in [-0.05, 0) is 17.8 Å². The molecule has 0 amide bonds. The second-order valence-corrected chi connectivity index (χ2v) is 32.2. The molecule has 1 fully saturated rings. The van der Waals surface area contributed by atoms with Crippen molar-refractivity contribution in [2.24, 2.45) is 0 Å². The highest BCUT2D eigenvalue weighted by atomic mass is 35.9. The molecule has 0 aromatic heterocycles. The van der Waals surface area contributed by atoms with Crippen molar-refractivity contribution in [1.82, 2.24) is 15.4 Å². The maximum Gasteiger partial charge on any atom is 0.337 e. The molecule has 0 bridgehead atoms. The summed E-state index contributed by atoms with van der Waals surface area (Å²) in [6.45, 7) is -0.741. The van der Waals surface area contributed by atoms with Crippen LogP contribution in [0.2, 0.25) is 17.8 Å². The fourth-order valence-corrected chi connectivity index (χ4v) is 8.18. The Bertz CT molecular complexity index is 291. The van der Waals surface area contributed by atoms with Crippen LogP contribution in [0, 0.1) is 0 Å². The maximum atomic E-state index is 5.96. The molecule has 0 unspecified atom stereocenters. The molecule has 21 heavy (non-hydrogen) atoms. The van der Waals surface area contributed by atoms with Crippen molar-refractivity contribution >= 4 is 139 Å². The van der Waals surface area contributed by atoms with Crippen LogP contribution in [0.5, 0.6) is 0 Å². The molecular formula is C3H9B3Cl9N3Si3. The Morgan fingerprint density at radius 2 is 0.667 bits per heavy atom. The van der Waals surface area contributed by atoms with Gasteiger partial charge in [-0.2, -0.15) is 0 Å². The summed E-state index contributed by atoms with van der Waals surface area (Å²) in [6.07, 6.45) is 0. The lowest BCUT2D eigenvalue weighted by molar-refractivity contribution is 1.14. The highest BCUT2D eigenvalue weighted by Gasteiger charge is 2.45. The van der Waals surface area contributed by atoms with Crippen LogP contribution in [0.25, 0.3) is 0 Å². The topological polar surface area (TPSA) is 36.1 Å². The zero-order valence-corrected chi connectivity index (χ0v) is 20.1. The van der Waals surface area contributed by atoms with Gasteiger partial charge >= 0.3 is 18.0 Å².